The highest BCUT2D eigenvalue weighted by atomic mass is 32.2. The highest BCUT2D eigenvalue weighted by molar-refractivity contribution is 7.89. The Hall–Kier alpha value is -1.07. The van der Waals surface area contributed by atoms with Crippen molar-refractivity contribution in [2.75, 3.05) is 13.6 Å². The first-order chi connectivity index (χ1) is 7.50. The highest BCUT2D eigenvalue weighted by Crippen LogP contribution is 2.31. The standard InChI is InChI=1S/C11H15NO3S/c1-12(8-9-5-6-9)16(14,15)11-4-2-3-10(13)7-11/h2-4,7,9,13H,5-6,8H2,1H3. The highest BCUT2D eigenvalue weighted by Gasteiger charge is 2.29. The molecule has 0 unspecified atom stereocenters. The van der Waals surface area contributed by atoms with Crippen molar-refractivity contribution in [2.24, 2.45) is 5.92 Å². The van der Waals surface area contributed by atoms with Crippen LogP contribution < -0.4 is 0 Å². The fraction of sp³-hybridized carbons (Fsp3) is 0.455. The average molecular weight is 241 g/mol. The molecule has 0 saturated heterocycles. The predicted octanol–water partition coefficient (Wildman–Crippen LogP) is 1.42. The zero-order valence-corrected chi connectivity index (χ0v) is 9.94. The summed E-state index contributed by atoms with van der Waals surface area (Å²) in [5.74, 6) is 0.484. The molecule has 1 saturated carbocycles. The summed E-state index contributed by atoms with van der Waals surface area (Å²) in [4.78, 5) is 0.149. The van der Waals surface area contributed by atoms with Gasteiger partial charge in [-0.2, -0.15) is 0 Å². The molecule has 0 spiro atoms. The van der Waals surface area contributed by atoms with Crippen molar-refractivity contribution in [3.8, 4) is 5.75 Å². The van der Waals surface area contributed by atoms with Crippen molar-refractivity contribution >= 4 is 10.0 Å². The van der Waals surface area contributed by atoms with E-state index in [4.69, 9.17) is 0 Å². The van der Waals surface area contributed by atoms with Crippen molar-refractivity contribution in [1.29, 1.82) is 0 Å². The number of phenolic OH excluding ortho intramolecular Hbond substituents is 1. The molecular weight excluding hydrogens is 226 g/mol. The van der Waals surface area contributed by atoms with Crippen LogP contribution in [0.5, 0.6) is 5.75 Å². The Labute approximate surface area is 95.6 Å². The average Bonchev–Trinajstić information content (AvgIpc) is 3.01. The zero-order chi connectivity index (χ0) is 11.8. The summed E-state index contributed by atoms with van der Waals surface area (Å²) in [6, 6.07) is 5.77. The summed E-state index contributed by atoms with van der Waals surface area (Å²) >= 11 is 0. The molecule has 0 aliphatic heterocycles. The van der Waals surface area contributed by atoms with E-state index in [1.54, 1.807) is 7.05 Å². The molecule has 0 atom stereocenters. The lowest BCUT2D eigenvalue weighted by Crippen LogP contribution is -2.28. The summed E-state index contributed by atoms with van der Waals surface area (Å²) in [6.45, 7) is 0.567. The number of phenols is 1. The van der Waals surface area contributed by atoms with Gasteiger partial charge in [-0.1, -0.05) is 6.07 Å². The Morgan fingerprint density at radius 1 is 1.44 bits per heavy atom. The van der Waals surface area contributed by atoms with E-state index in [2.05, 4.69) is 0 Å². The molecule has 0 aromatic heterocycles. The summed E-state index contributed by atoms with van der Waals surface area (Å²) in [5, 5.41) is 9.27. The van der Waals surface area contributed by atoms with E-state index >= 15 is 0 Å². The second-order valence-corrected chi connectivity index (χ2v) is 6.27. The van der Waals surface area contributed by atoms with Gasteiger partial charge in [-0.3, -0.25) is 0 Å². The minimum atomic E-state index is -3.44. The third kappa shape index (κ3) is 2.36. The van der Waals surface area contributed by atoms with Gasteiger partial charge in [-0.25, -0.2) is 12.7 Å². The first-order valence-corrected chi connectivity index (χ1v) is 6.69. The largest absolute Gasteiger partial charge is 0.508 e. The van der Waals surface area contributed by atoms with E-state index in [0.717, 1.165) is 12.8 Å². The molecule has 4 nitrogen and oxygen atoms in total. The predicted molar refractivity (Wildman–Crippen MR) is 60.6 cm³/mol. The van der Waals surface area contributed by atoms with Gasteiger partial charge in [0.1, 0.15) is 5.75 Å². The quantitative estimate of drug-likeness (QED) is 0.867. The first kappa shape index (κ1) is 11.4. The van der Waals surface area contributed by atoms with Crippen molar-refractivity contribution in [1.82, 2.24) is 4.31 Å². The number of benzene rings is 1. The number of sulfonamides is 1. The Kier molecular flexibility index (Phi) is 2.90. The van der Waals surface area contributed by atoms with E-state index in [1.165, 1.54) is 28.6 Å². The Balaban J connectivity index is 2.23. The summed E-state index contributed by atoms with van der Waals surface area (Å²) in [6.07, 6.45) is 2.22. The number of aromatic hydroxyl groups is 1. The number of rotatable bonds is 4. The van der Waals surface area contributed by atoms with E-state index in [9.17, 15) is 13.5 Å². The van der Waals surface area contributed by atoms with Crippen LogP contribution in [-0.4, -0.2) is 31.4 Å². The van der Waals surface area contributed by atoms with E-state index in [1.807, 2.05) is 0 Å². The maximum absolute atomic E-state index is 12.1. The van der Waals surface area contributed by atoms with Crippen LogP contribution >= 0.6 is 0 Å². The van der Waals surface area contributed by atoms with E-state index in [0.29, 0.717) is 12.5 Å². The van der Waals surface area contributed by atoms with Gasteiger partial charge in [0, 0.05) is 13.6 Å². The molecule has 2 rings (SSSR count). The monoisotopic (exact) mass is 241 g/mol. The fourth-order valence-electron chi connectivity index (χ4n) is 1.59. The SMILES string of the molecule is CN(CC1CC1)S(=O)(=O)c1cccc(O)c1. The van der Waals surface area contributed by atoms with Crippen LogP contribution in [0.25, 0.3) is 0 Å². The fourth-order valence-corrected chi connectivity index (χ4v) is 2.87. The van der Waals surface area contributed by atoms with Crippen LogP contribution in [0.1, 0.15) is 12.8 Å². The minimum Gasteiger partial charge on any atom is -0.508 e. The molecule has 0 radical (unpaired) electrons. The van der Waals surface area contributed by atoms with Gasteiger partial charge in [-0.15, -0.1) is 0 Å². The maximum Gasteiger partial charge on any atom is 0.242 e. The molecule has 1 aliphatic carbocycles. The molecule has 1 aromatic rings. The van der Waals surface area contributed by atoms with Gasteiger partial charge in [0.15, 0.2) is 0 Å². The van der Waals surface area contributed by atoms with Gasteiger partial charge in [0.25, 0.3) is 0 Å². The van der Waals surface area contributed by atoms with Crippen molar-refractivity contribution in [2.45, 2.75) is 17.7 Å². The first-order valence-electron chi connectivity index (χ1n) is 5.25. The number of hydrogen-bond donors (Lipinski definition) is 1. The molecule has 16 heavy (non-hydrogen) atoms. The molecule has 0 amide bonds. The van der Waals surface area contributed by atoms with Crippen molar-refractivity contribution < 1.29 is 13.5 Å². The van der Waals surface area contributed by atoms with Gasteiger partial charge in [0.05, 0.1) is 4.90 Å². The topological polar surface area (TPSA) is 57.6 Å². The Bertz CT molecular complexity index is 480. The summed E-state index contributed by atoms with van der Waals surface area (Å²) in [7, 11) is -1.86. The van der Waals surface area contributed by atoms with Crippen LogP contribution in [0, 0.1) is 5.92 Å². The van der Waals surface area contributed by atoms with E-state index in [-0.39, 0.29) is 10.6 Å². The third-order valence-corrected chi connectivity index (χ3v) is 4.56. The van der Waals surface area contributed by atoms with Crippen LogP contribution in [0.15, 0.2) is 29.2 Å². The molecule has 1 aliphatic rings. The van der Waals surface area contributed by atoms with Gasteiger partial charge >= 0.3 is 0 Å². The summed E-state index contributed by atoms with van der Waals surface area (Å²) in [5.41, 5.74) is 0. The van der Waals surface area contributed by atoms with Crippen LogP contribution in [-0.2, 0) is 10.0 Å². The van der Waals surface area contributed by atoms with Crippen molar-refractivity contribution in [3.05, 3.63) is 24.3 Å². The molecule has 0 bridgehead atoms. The van der Waals surface area contributed by atoms with Crippen LogP contribution in [0.2, 0.25) is 0 Å². The molecule has 0 heterocycles. The van der Waals surface area contributed by atoms with Gasteiger partial charge in [0.2, 0.25) is 10.0 Å². The lowest BCUT2D eigenvalue weighted by molar-refractivity contribution is 0.449. The van der Waals surface area contributed by atoms with Gasteiger partial charge in [-0.05, 0) is 37.0 Å². The number of nitrogens with zero attached hydrogens (tertiary/aromatic N) is 1. The Morgan fingerprint density at radius 2 is 2.12 bits per heavy atom. The van der Waals surface area contributed by atoms with Crippen molar-refractivity contribution in [3.63, 3.8) is 0 Å². The van der Waals surface area contributed by atoms with E-state index < -0.39 is 10.0 Å². The van der Waals surface area contributed by atoms with Crippen LogP contribution in [0.4, 0.5) is 0 Å². The Morgan fingerprint density at radius 3 is 2.69 bits per heavy atom. The van der Waals surface area contributed by atoms with Gasteiger partial charge < -0.3 is 5.11 Å². The molecular formula is C11H15NO3S. The smallest absolute Gasteiger partial charge is 0.242 e. The maximum atomic E-state index is 12.1. The second kappa shape index (κ2) is 4.07. The summed E-state index contributed by atoms with van der Waals surface area (Å²) < 4.78 is 25.5. The number of hydrogen-bond acceptors (Lipinski definition) is 3. The molecule has 1 fully saturated rings. The zero-order valence-electron chi connectivity index (χ0n) is 9.13. The molecule has 88 valence electrons. The normalized spacial score (nSPS) is 16.6. The molecule has 1 N–H and O–H groups in total. The van der Waals surface area contributed by atoms with Crippen LogP contribution in [0.3, 0.4) is 0 Å². The molecule has 5 heteroatoms. The third-order valence-electron chi connectivity index (χ3n) is 2.74. The lowest BCUT2D eigenvalue weighted by atomic mass is 10.3. The minimum absolute atomic E-state index is 0.0269. The second-order valence-electron chi connectivity index (χ2n) is 4.23. The lowest BCUT2D eigenvalue weighted by Gasteiger charge is -2.16. The molecule has 1 aromatic carbocycles.